The van der Waals surface area contributed by atoms with Gasteiger partial charge in [-0.1, -0.05) is 0 Å². The summed E-state index contributed by atoms with van der Waals surface area (Å²) in [5.41, 5.74) is 1.52. The highest BCUT2D eigenvalue weighted by Crippen LogP contribution is 2.30. The molecule has 1 aromatic carbocycles. The molecule has 0 radical (unpaired) electrons. The third-order valence-corrected chi connectivity index (χ3v) is 4.47. The predicted molar refractivity (Wildman–Crippen MR) is 93.2 cm³/mol. The van der Waals surface area contributed by atoms with Gasteiger partial charge in [-0.05, 0) is 50.6 Å². The lowest BCUT2D eigenvalue weighted by Gasteiger charge is -2.20. The second-order valence-corrected chi connectivity index (χ2v) is 6.57. The summed E-state index contributed by atoms with van der Waals surface area (Å²) in [6.07, 6.45) is 2.17. The lowest BCUT2D eigenvalue weighted by molar-refractivity contribution is -0.146. The number of carboxylic acids is 1. The van der Waals surface area contributed by atoms with Crippen LogP contribution in [0.2, 0.25) is 0 Å². The van der Waals surface area contributed by atoms with Crippen LogP contribution in [0.5, 0.6) is 0 Å². The molecule has 0 bridgehead atoms. The first kappa shape index (κ1) is 16.9. The van der Waals surface area contributed by atoms with Gasteiger partial charge in [0.25, 0.3) is 0 Å². The molecule has 0 saturated carbocycles. The minimum atomic E-state index is -0.871. The number of urea groups is 1. The zero-order valence-electron chi connectivity index (χ0n) is 14.2. The Bertz CT molecular complexity index is 806. The number of carboxylic acid groups (broad SMARTS) is 1. The minimum absolute atomic E-state index is 0.212. The third kappa shape index (κ3) is 3.60. The first-order chi connectivity index (χ1) is 11.9. The van der Waals surface area contributed by atoms with Gasteiger partial charge in [-0.2, -0.15) is 0 Å². The number of aryl methyl sites for hydroxylation is 1. The molecule has 1 aliphatic heterocycles. The molecule has 2 aromatic rings. The molecule has 3 rings (SSSR count). The van der Waals surface area contributed by atoms with E-state index in [4.69, 9.17) is 0 Å². The minimum Gasteiger partial charge on any atom is -0.481 e. The molecule has 2 N–H and O–H groups in total. The normalized spacial score (nSPS) is 19.7. The molecule has 130 valence electrons. The molecule has 7 nitrogen and oxygen atoms in total. The number of likely N-dealkylation sites (tertiary alicyclic amines) is 1. The van der Waals surface area contributed by atoms with Gasteiger partial charge in [-0.3, -0.25) is 4.79 Å². The Hall–Kier alpha value is -2.96. The van der Waals surface area contributed by atoms with Crippen LogP contribution in [0.25, 0.3) is 11.4 Å². The van der Waals surface area contributed by atoms with Crippen LogP contribution in [0, 0.1) is 12.3 Å². The van der Waals surface area contributed by atoms with Crippen molar-refractivity contribution in [3.05, 3.63) is 42.2 Å². The highest BCUT2D eigenvalue weighted by Gasteiger charge is 2.42. The van der Waals surface area contributed by atoms with Gasteiger partial charge in [0.2, 0.25) is 0 Å². The summed E-state index contributed by atoms with van der Waals surface area (Å²) < 4.78 is 0. The van der Waals surface area contributed by atoms with Gasteiger partial charge < -0.3 is 15.3 Å². The van der Waals surface area contributed by atoms with Crippen molar-refractivity contribution in [2.45, 2.75) is 20.3 Å². The summed E-state index contributed by atoms with van der Waals surface area (Å²) in [6, 6.07) is 8.80. The number of rotatable bonds is 3. The fourth-order valence-electron chi connectivity index (χ4n) is 2.80. The standard InChI is InChI=1S/C18H20N4O3/c1-12-7-9-19-15(20-12)13-3-5-14(6-4-13)21-17(25)22-10-8-18(2,11-22)16(23)24/h3-7,9H,8,10-11H2,1-2H3,(H,21,25)(H,23,24). The van der Waals surface area contributed by atoms with Crippen LogP contribution in [0.15, 0.2) is 36.5 Å². The molecule has 0 aliphatic carbocycles. The van der Waals surface area contributed by atoms with Crippen LogP contribution in [-0.2, 0) is 4.79 Å². The lowest BCUT2D eigenvalue weighted by Crippen LogP contribution is -2.37. The Labute approximate surface area is 145 Å². The van der Waals surface area contributed by atoms with Crippen LogP contribution in [0.3, 0.4) is 0 Å². The topological polar surface area (TPSA) is 95.4 Å². The summed E-state index contributed by atoms with van der Waals surface area (Å²) >= 11 is 0. The number of nitrogens with zero attached hydrogens (tertiary/aromatic N) is 3. The number of hydrogen-bond donors (Lipinski definition) is 2. The number of anilines is 1. The number of benzene rings is 1. The maximum Gasteiger partial charge on any atom is 0.321 e. The van der Waals surface area contributed by atoms with Crippen molar-refractivity contribution < 1.29 is 14.7 Å². The molecule has 2 amide bonds. The molecule has 1 aromatic heterocycles. The lowest BCUT2D eigenvalue weighted by atomic mass is 9.90. The first-order valence-electron chi connectivity index (χ1n) is 8.07. The van der Waals surface area contributed by atoms with E-state index in [9.17, 15) is 14.7 Å². The molecular weight excluding hydrogens is 320 g/mol. The summed E-state index contributed by atoms with van der Waals surface area (Å²) in [6.45, 7) is 4.22. The smallest absolute Gasteiger partial charge is 0.321 e. The second-order valence-electron chi connectivity index (χ2n) is 6.57. The number of aromatic nitrogens is 2. The van der Waals surface area contributed by atoms with Crippen LogP contribution in [0.1, 0.15) is 19.0 Å². The van der Waals surface area contributed by atoms with E-state index in [2.05, 4.69) is 15.3 Å². The van der Waals surface area contributed by atoms with E-state index in [1.165, 1.54) is 4.90 Å². The number of amides is 2. The van der Waals surface area contributed by atoms with Gasteiger partial charge in [-0.25, -0.2) is 14.8 Å². The van der Waals surface area contributed by atoms with E-state index < -0.39 is 11.4 Å². The van der Waals surface area contributed by atoms with Gasteiger partial charge in [0.15, 0.2) is 5.82 Å². The van der Waals surface area contributed by atoms with Gasteiger partial charge >= 0.3 is 12.0 Å². The highest BCUT2D eigenvalue weighted by molar-refractivity contribution is 5.90. The summed E-state index contributed by atoms with van der Waals surface area (Å²) in [5.74, 6) is -0.236. The molecule has 25 heavy (non-hydrogen) atoms. The van der Waals surface area contributed by atoms with E-state index in [0.717, 1.165) is 11.3 Å². The number of carbonyl (C=O) groups is 2. The third-order valence-electron chi connectivity index (χ3n) is 4.47. The number of hydrogen-bond acceptors (Lipinski definition) is 4. The summed E-state index contributed by atoms with van der Waals surface area (Å²) in [7, 11) is 0. The molecule has 7 heteroatoms. The Morgan fingerprint density at radius 1 is 1.24 bits per heavy atom. The monoisotopic (exact) mass is 340 g/mol. The number of carbonyl (C=O) groups excluding carboxylic acids is 1. The number of nitrogens with one attached hydrogen (secondary N) is 1. The van der Waals surface area contributed by atoms with E-state index in [0.29, 0.717) is 24.5 Å². The van der Waals surface area contributed by atoms with E-state index in [1.807, 2.05) is 25.1 Å². The summed E-state index contributed by atoms with van der Waals surface area (Å²) in [4.78, 5) is 33.7. The largest absolute Gasteiger partial charge is 0.481 e. The van der Waals surface area contributed by atoms with Crippen LogP contribution in [-0.4, -0.2) is 45.1 Å². The molecule has 0 spiro atoms. The summed E-state index contributed by atoms with van der Waals surface area (Å²) in [5, 5.41) is 12.1. The molecule has 1 saturated heterocycles. The first-order valence-corrected chi connectivity index (χ1v) is 8.07. The van der Waals surface area contributed by atoms with Crippen molar-refractivity contribution in [3.63, 3.8) is 0 Å². The fourth-order valence-corrected chi connectivity index (χ4v) is 2.80. The van der Waals surface area contributed by atoms with Gasteiger partial charge in [0.05, 0.1) is 5.41 Å². The molecule has 1 atom stereocenters. The van der Waals surface area contributed by atoms with Gasteiger partial charge in [0.1, 0.15) is 0 Å². The van der Waals surface area contributed by atoms with Crippen LogP contribution >= 0.6 is 0 Å². The van der Waals surface area contributed by atoms with E-state index in [-0.39, 0.29) is 12.6 Å². The van der Waals surface area contributed by atoms with Crippen LogP contribution in [0.4, 0.5) is 10.5 Å². The maximum absolute atomic E-state index is 12.3. The average molecular weight is 340 g/mol. The van der Waals surface area contributed by atoms with Crippen molar-refractivity contribution in [1.82, 2.24) is 14.9 Å². The zero-order chi connectivity index (χ0) is 18.0. The molecular formula is C18H20N4O3. The SMILES string of the molecule is Cc1ccnc(-c2ccc(NC(=O)N3CCC(C)(C(=O)O)C3)cc2)n1. The van der Waals surface area contributed by atoms with Crippen LogP contribution < -0.4 is 5.32 Å². The van der Waals surface area contributed by atoms with Crippen molar-refractivity contribution in [2.75, 3.05) is 18.4 Å². The molecule has 2 heterocycles. The average Bonchev–Trinajstić information content (AvgIpc) is 3.00. The molecule has 1 unspecified atom stereocenters. The number of aliphatic carboxylic acids is 1. The predicted octanol–water partition coefficient (Wildman–Crippen LogP) is 2.78. The molecule has 1 aliphatic rings. The van der Waals surface area contributed by atoms with Crippen molar-refractivity contribution in [1.29, 1.82) is 0 Å². The van der Waals surface area contributed by atoms with Gasteiger partial charge in [-0.15, -0.1) is 0 Å². The Balaban J connectivity index is 1.66. The van der Waals surface area contributed by atoms with Crippen molar-refractivity contribution in [2.24, 2.45) is 5.41 Å². The quantitative estimate of drug-likeness (QED) is 0.896. The molecule has 1 fully saturated rings. The maximum atomic E-state index is 12.3. The van der Waals surface area contributed by atoms with E-state index in [1.54, 1.807) is 25.3 Å². The Kier molecular flexibility index (Phi) is 4.39. The van der Waals surface area contributed by atoms with Gasteiger partial charge in [0, 0.05) is 36.2 Å². The zero-order valence-corrected chi connectivity index (χ0v) is 14.2. The Morgan fingerprint density at radius 3 is 2.56 bits per heavy atom. The van der Waals surface area contributed by atoms with Crippen molar-refractivity contribution >= 4 is 17.7 Å². The fraction of sp³-hybridized carbons (Fsp3) is 0.333. The Morgan fingerprint density at radius 2 is 1.96 bits per heavy atom. The van der Waals surface area contributed by atoms with E-state index >= 15 is 0 Å². The highest BCUT2D eigenvalue weighted by atomic mass is 16.4. The van der Waals surface area contributed by atoms with Crippen molar-refractivity contribution in [3.8, 4) is 11.4 Å². The second kappa shape index (κ2) is 6.51.